The van der Waals surface area contributed by atoms with Gasteiger partial charge in [0.25, 0.3) is 5.91 Å². The summed E-state index contributed by atoms with van der Waals surface area (Å²) in [6.07, 6.45) is -0.826. The van der Waals surface area contributed by atoms with Gasteiger partial charge in [-0.3, -0.25) is 14.6 Å². The first-order chi connectivity index (χ1) is 13.4. The number of para-hydroxylation sites is 2. The van der Waals surface area contributed by atoms with E-state index >= 15 is 0 Å². The van der Waals surface area contributed by atoms with E-state index in [0.29, 0.717) is 6.42 Å². The second-order valence-electron chi connectivity index (χ2n) is 6.21. The molecular formula is C21H18F2N2O3. The van der Waals surface area contributed by atoms with Gasteiger partial charge in [0.05, 0.1) is 11.9 Å². The SMILES string of the molecule is CC(OC(=O)CCc1ccc2ccccc2n1)C(=O)Nc1c(F)cccc1F. The minimum atomic E-state index is -1.20. The molecule has 2 aromatic carbocycles. The maximum atomic E-state index is 13.6. The molecule has 0 aliphatic rings. The van der Waals surface area contributed by atoms with Gasteiger partial charge < -0.3 is 10.1 Å². The van der Waals surface area contributed by atoms with Crippen molar-refractivity contribution >= 4 is 28.5 Å². The minimum absolute atomic E-state index is 0.0248. The number of esters is 1. The first-order valence-electron chi connectivity index (χ1n) is 8.73. The van der Waals surface area contributed by atoms with Crippen LogP contribution in [0.2, 0.25) is 0 Å². The summed E-state index contributed by atoms with van der Waals surface area (Å²) in [4.78, 5) is 28.5. The van der Waals surface area contributed by atoms with E-state index in [1.165, 1.54) is 13.0 Å². The molecule has 0 bridgehead atoms. The molecule has 0 radical (unpaired) electrons. The molecule has 0 saturated heterocycles. The summed E-state index contributed by atoms with van der Waals surface area (Å²) in [6, 6.07) is 14.6. The largest absolute Gasteiger partial charge is 0.453 e. The molecule has 5 nitrogen and oxygen atoms in total. The van der Waals surface area contributed by atoms with Gasteiger partial charge in [-0.15, -0.1) is 0 Å². The molecule has 1 atom stereocenters. The van der Waals surface area contributed by atoms with Gasteiger partial charge in [0.2, 0.25) is 0 Å². The van der Waals surface area contributed by atoms with Crippen LogP contribution in [0.1, 0.15) is 19.0 Å². The molecule has 0 spiro atoms. The molecule has 0 saturated carbocycles. The zero-order valence-corrected chi connectivity index (χ0v) is 15.1. The minimum Gasteiger partial charge on any atom is -0.453 e. The molecule has 144 valence electrons. The number of fused-ring (bicyclic) bond motifs is 1. The van der Waals surface area contributed by atoms with Gasteiger partial charge in [0, 0.05) is 17.5 Å². The number of aryl methyl sites for hydroxylation is 1. The number of aromatic nitrogens is 1. The van der Waals surface area contributed by atoms with Gasteiger partial charge in [-0.1, -0.05) is 30.3 Å². The molecule has 0 fully saturated rings. The Balaban J connectivity index is 1.54. The third-order valence-corrected chi connectivity index (χ3v) is 4.13. The average Bonchev–Trinajstić information content (AvgIpc) is 2.69. The number of halogens is 2. The first kappa shape index (κ1) is 19.4. The van der Waals surface area contributed by atoms with Gasteiger partial charge in [-0.2, -0.15) is 0 Å². The average molecular weight is 384 g/mol. The second-order valence-corrected chi connectivity index (χ2v) is 6.21. The van der Waals surface area contributed by atoms with E-state index in [1.807, 2.05) is 36.4 Å². The molecule has 28 heavy (non-hydrogen) atoms. The fourth-order valence-electron chi connectivity index (χ4n) is 2.63. The van der Waals surface area contributed by atoms with Crippen LogP contribution in [-0.4, -0.2) is 23.0 Å². The van der Waals surface area contributed by atoms with Crippen LogP contribution in [0.4, 0.5) is 14.5 Å². The summed E-state index contributed by atoms with van der Waals surface area (Å²) in [5.74, 6) is -3.24. The number of amides is 1. The molecular weight excluding hydrogens is 366 g/mol. The number of benzene rings is 2. The Morgan fingerprint density at radius 3 is 2.50 bits per heavy atom. The predicted octanol–water partition coefficient (Wildman–Crippen LogP) is 4.02. The van der Waals surface area contributed by atoms with Crippen LogP contribution in [0.25, 0.3) is 10.9 Å². The second kappa shape index (κ2) is 8.56. The Labute approximate surface area is 160 Å². The van der Waals surface area contributed by atoms with E-state index in [1.54, 1.807) is 0 Å². The van der Waals surface area contributed by atoms with Crippen LogP contribution in [0, 0.1) is 11.6 Å². The fourth-order valence-corrected chi connectivity index (χ4v) is 2.63. The molecule has 3 aromatic rings. The smallest absolute Gasteiger partial charge is 0.306 e. The van der Waals surface area contributed by atoms with Crippen molar-refractivity contribution < 1.29 is 23.1 Å². The Bertz CT molecular complexity index is 1000. The van der Waals surface area contributed by atoms with Crippen LogP contribution in [0.15, 0.2) is 54.6 Å². The van der Waals surface area contributed by atoms with Crippen molar-refractivity contribution in [3.05, 3.63) is 71.9 Å². The third-order valence-electron chi connectivity index (χ3n) is 4.13. The monoisotopic (exact) mass is 384 g/mol. The summed E-state index contributed by atoms with van der Waals surface area (Å²) >= 11 is 0. The van der Waals surface area contributed by atoms with Crippen molar-refractivity contribution in [2.75, 3.05) is 5.32 Å². The normalized spacial score (nSPS) is 11.8. The predicted molar refractivity (Wildman–Crippen MR) is 101 cm³/mol. The molecule has 1 aromatic heterocycles. The summed E-state index contributed by atoms with van der Waals surface area (Å²) in [7, 11) is 0. The van der Waals surface area contributed by atoms with Crippen LogP contribution >= 0.6 is 0 Å². The standard InChI is InChI=1S/C21H18F2N2O3/c1-13(21(27)25-20-16(22)6-4-7-17(20)23)28-19(26)12-11-15-10-9-14-5-2-3-8-18(14)24-15/h2-10,13H,11-12H2,1H3,(H,25,27). The van der Waals surface area contributed by atoms with Gasteiger partial charge in [0.15, 0.2) is 6.10 Å². The summed E-state index contributed by atoms with van der Waals surface area (Å²) in [6.45, 7) is 1.33. The van der Waals surface area contributed by atoms with Gasteiger partial charge in [-0.05, 0) is 31.2 Å². The number of nitrogens with zero attached hydrogens (tertiary/aromatic N) is 1. The number of nitrogens with one attached hydrogen (secondary N) is 1. The van der Waals surface area contributed by atoms with Gasteiger partial charge in [-0.25, -0.2) is 8.78 Å². The topological polar surface area (TPSA) is 68.3 Å². The van der Waals surface area contributed by atoms with E-state index in [-0.39, 0.29) is 6.42 Å². The lowest BCUT2D eigenvalue weighted by atomic mass is 10.1. The number of hydrogen-bond donors (Lipinski definition) is 1. The highest BCUT2D eigenvalue weighted by Gasteiger charge is 2.20. The fraction of sp³-hybridized carbons (Fsp3) is 0.190. The molecule has 1 amide bonds. The highest BCUT2D eigenvalue weighted by atomic mass is 19.1. The number of ether oxygens (including phenoxy) is 1. The van der Waals surface area contributed by atoms with Crippen molar-refractivity contribution in [3.63, 3.8) is 0 Å². The molecule has 7 heteroatoms. The summed E-state index contributed by atoms with van der Waals surface area (Å²) in [5.41, 5.74) is 0.977. The van der Waals surface area contributed by atoms with Crippen molar-refractivity contribution in [1.29, 1.82) is 0 Å². The lowest BCUT2D eigenvalue weighted by Crippen LogP contribution is -2.30. The van der Waals surface area contributed by atoms with E-state index in [9.17, 15) is 18.4 Å². The van der Waals surface area contributed by atoms with E-state index < -0.39 is 35.3 Å². The lowest BCUT2D eigenvalue weighted by Gasteiger charge is -2.14. The van der Waals surface area contributed by atoms with Crippen LogP contribution in [-0.2, 0) is 20.7 Å². The number of hydrogen-bond acceptors (Lipinski definition) is 4. The number of anilines is 1. The van der Waals surface area contributed by atoms with Crippen molar-refractivity contribution in [1.82, 2.24) is 4.98 Å². The molecule has 1 heterocycles. The van der Waals surface area contributed by atoms with E-state index in [2.05, 4.69) is 10.3 Å². The van der Waals surface area contributed by atoms with Crippen LogP contribution in [0.5, 0.6) is 0 Å². The Hall–Kier alpha value is -3.35. The molecule has 0 aliphatic heterocycles. The number of pyridine rings is 1. The van der Waals surface area contributed by atoms with Crippen LogP contribution < -0.4 is 5.32 Å². The maximum Gasteiger partial charge on any atom is 0.306 e. The lowest BCUT2D eigenvalue weighted by molar-refractivity contribution is -0.153. The molecule has 1 unspecified atom stereocenters. The summed E-state index contributed by atoms with van der Waals surface area (Å²) < 4.78 is 32.2. The number of carbonyl (C=O) groups excluding carboxylic acids is 2. The maximum absolute atomic E-state index is 13.6. The van der Waals surface area contributed by atoms with Crippen molar-refractivity contribution in [2.45, 2.75) is 25.9 Å². The van der Waals surface area contributed by atoms with Crippen molar-refractivity contribution in [2.24, 2.45) is 0 Å². The molecule has 1 N–H and O–H groups in total. The summed E-state index contributed by atoms with van der Waals surface area (Å²) in [5, 5.41) is 3.10. The van der Waals surface area contributed by atoms with Gasteiger partial charge in [0.1, 0.15) is 17.3 Å². The number of carbonyl (C=O) groups is 2. The zero-order chi connectivity index (χ0) is 20.1. The molecule has 0 aliphatic carbocycles. The zero-order valence-electron chi connectivity index (χ0n) is 15.1. The quantitative estimate of drug-likeness (QED) is 0.652. The van der Waals surface area contributed by atoms with E-state index in [4.69, 9.17) is 4.74 Å². The third kappa shape index (κ3) is 4.68. The van der Waals surface area contributed by atoms with Crippen LogP contribution in [0.3, 0.4) is 0 Å². The highest BCUT2D eigenvalue weighted by molar-refractivity contribution is 5.95. The molecule has 3 rings (SSSR count). The first-order valence-corrected chi connectivity index (χ1v) is 8.73. The Morgan fingerprint density at radius 2 is 1.75 bits per heavy atom. The van der Waals surface area contributed by atoms with E-state index in [0.717, 1.165) is 28.7 Å². The van der Waals surface area contributed by atoms with Gasteiger partial charge >= 0.3 is 5.97 Å². The Morgan fingerprint density at radius 1 is 1.04 bits per heavy atom. The van der Waals surface area contributed by atoms with Crippen molar-refractivity contribution in [3.8, 4) is 0 Å². The Kier molecular flexibility index (Phi) is 5.93. The number of rotatable bonds is 6. The highest BCUT2D eigenvalue weighted by Crippen LogP contribution is 2.18.